The van der Waals surface area contributed by atoms with E-state index >= 15 is 0 Å². The summed E-state index contributed by atoms with van der Waals surface area (Å²) in [5.74, 6) is 1.66. The van der Waals surface area contributed by atoms with Crippen LogP contribution in [0, 0.1) is 18.3 Å². The van der Waals surface area contributed by atoms with Crippen molar-refractivity contribution in [3.05, 3.63) is 23.3 Å². The highest BCUT2D eigenvalue weighted by molar-refractivity contribution is 5.46. The molecule has 0 fully saturated rings. The maximum Gasteiger partial charge on any atom is 0.122 e. The van der Waals surface area contributed by atoms with E-state index in [4.69, 9.17) is 14.7 Å². The third-order valence-electron chi connectivity index (χ3n) is 2.30. The number of benzene rings is 1. The Morgan fingerprint density at radius 3 is 2.40 bits per heavy atom. The van der Waals surface area contributed by atoms with Crippen molar-refractivity contribution in [1.82, 2.24) is 0 Å². The molecule has 0 atom stereocenters. The molecular formula is C12H15NO2. The number of aryl methyl sites for hydroxylation is 2. The van der Waals surface area contributed by atoms with Crippen LogP contribution in [0.1, 0.15) is 17.5 Å². The van der Waals surface area contributed by atoms with Crippen LogP contribution in [0.25, 0.3) is 0 Å². The Bertz CT molecular complexity index is 380. The lowest BCUT2D eigenvalue weighted by Crippen LogP contribution is -1.96. The van der Waals surface area contributed by atoms with Gasteiger partial charge in [-0.05, 0) is 36.6 Å². The molecule has 0 N–H and O–H groups in total. The van der Waals surface area contributed by atoms with E-state index in [2.05, 4.69) is 6.07 Å². The van der Waals surface area contributed by atoms with Crippen molar-refractivity contribution in [2.24, 2.45) is 0 Å². The fraction of sp³-hybridized carbons (Fsp3) is 0.417. The first-order valence-electron chi connectivity index (χ1n) is 4.81. The highest BCUT2D eigenvalue weighted by Crippen LogP contribution is 2.28. The normalized spacial score (nSPS) is 9.47. The van der Waals surface area contributed by atoms with E-state index in [1.807, 2.05) is 19.1 Å². The average Bonchev–Trinajstić information content (AvgIpc) is 2.26. The molecule has 0 aliphatic carbocycles. The van der Waals surface area contributed by atoms with Crippen LogP contribution in [0.4, 0.5) is 0 Å². The zero-order valence-electron chi connectivity index (χ0n) is 9.33. The van der Waals surface area contributed by atoms with Gasteiger partial charge in [-0.1, -0.05) is 0 Å². The topological polar surface area (TPSA) is 42.2 Å². The third-order valence-corrected chi connectivity index (χ3v) is 2.30. The van der Waals surface area contributed by atoms with Crippen molar-refractivity contribution in [3.63, 3.8) is 0 Å². The van der Waals surface area contributed by atoms with Gasteiger partial charge in [0.15, 0.2) is 0 Å². The van der Waals surface area contributed by atoms with Gasteiger partial charge in [0, 0.05) is 6.42 Å². The van der Waals surface area contributed by atoms with Crippen molar-refractivity contribution in [1.29, 1.82) is 5.26 Å². The minimum Gasteiger partial charge on any atom is -0.496 e. The van der Waals surface area contributed by atoms with Gasteiger partial charge in [-0.25, -0.2) is 0 Å². The van der Waals surface area contributed by atoms with Crippen LogP contribution in [0.15, 0.2) is 12.1 Å². The van der Waals surface area contributed by atoms with E-state index in [0.717, 1.165) is 22.6 Å². The summed E-state index contributed by atoms with van der Waals surface area (Å²) in [5.41, 5.74) is 2.05. The van der Waals surface area contributed by atoms with Crippen LogP contribution < -0.4 is 9.47 Å². The summed E-state index contributed by atoms with van der Waals surface area (Å²) in [7, 11) is 3.28. The maximum atomic E-state index is 8.55. The molecule has 0 unspecified atom stereocenters. The predicted octanol–water partition coefficient (Wildman–Crippen LogP) is 2.47. The number of nitrogens with zero attached hydrogens (tertiary/aromatic N) is 1. The SMILES string of the molecule is COc1cc(CCC#N)c(OC)cc1C. The maximum absolute atomic E-state index is 8.55. The summed E-state index contributed by atoms with van der Waals surface area (Å²) in [6, 6.07) is 6.00. The van der Waals surface area contributed by atoms with Crippen LogP contribution in [0.2, 0.25) is 0 Å². The van der Waals surface area contributed by atoms with Crippen LogP contribution in [-0.2, 0) is 6.42 Å². The molecule has 3 nitrogen and oxygen atoms in total. The molecule has 0 spiro atoms. The molecule has 0 saturated heterocycles. The molecule has 0 aliphatic rings. The lowest BCUT2D eigenvalue weighted by atomic mass is 10.1. The van der Waals surface area contributed by atoms with Gasteiger partial charge >= 0.3 is 0 Å². The average molecular weight is 205 g/mol. The summed E-state index contributed by atoms with van der Waals surface area (Å²) in [4.78, 5) is 0. The molecule has 0 radical (unpaired) electrons. The van der Waals surface area contributed by atoms with E-state index in [0.29, 0.717) is 12.8 Å². The number of rotatable bonds is 4. The van der Waals surface area contributed by atoms with Crippen molar-refractivity contribution in [2.75, 3.05) is 14.2 Å². The van der Waals surface area contributed by atoms with Gasteiger partial charge in [-0.2, -0.15) is 5.26 Å². The summed E-state index contributed by atoms with van der Waals surface area (Å²) in [6.45, 7) is 1.97. The highest BCUT2D eigenvalue weighted by Gasteiger charge is 2.07. The number of methoxy groups -OCH3 is 2. The zero-order chi connectivity index (χ0) is 11.3. The first-order chi connectivity index (χ1) is 7.22. The second-order valence-electron chi connectivity index (χ2n) is 3.29. The predicted molar refractivity (Wildman–Crippen MR) is 58.2 cm³/mol. The van der Waals surface area contributed by atoms with Gasteiger partial charge in [-0.3, -0.25) is 0 Å². The summed E-state index contributed by atoms with van der Waals surface area (Å²) in [5, 5.41) is 8.55. The third kappa shape index (κ3) is 2.63. The summed E-state index contributed by atoms with van der Waals surface area (Å²) < 4.78 is 10.5. The Morgan fingerprint density at radius 2 is 1.87 bits per heavy atom. The molecule has 80 valence electrons. The fourth-order valence-corrected chi connectivity index (χ4v) is 1.50. The Morgan fingerprint density at radius 1 is 1.20 bits per heavy atom. The quantitative estimate of drug-likeness (QED) is 0.758. The molecule has 0 saturated carbocycles. The van der Waals surface area contributed by atoms with E-state index in [-0.39, 0.29) is 0 Å². The van der Waals surface area contributed by atoms with Crippen LogP contribution >= 0.6 is 0 Å². The molecule has 1 rings (SSSR count). The monoisotopic (exact) mass is 205 g/mol. The molecular weight excluding hydrogens is 190 g/mol. The molecule has 0 heterocycles. The van der Waals surface area contributed by atoms with Gasteiger partial charge in [0.05, 0.1) is 20.3 Å². The van der Waals surface area contributed by atoms with Gasteiger partial charge in [0.25, 0.3) is 0 Å². The Balaban J connectivity index is 3.06. The number of nitriles is 1. The molecule has 0 bridgehead atoms. The van der Waals surface area contributed by atoms with Crippen LogP contribution in [0.3, 0.4) is 0 Å². The summed E-state index contributed by atoms with van der Waals surface area (Å²) >= 11 is 0. The van der Waals surface area contributed by atoms with Gasteiger partial charge in [-0.15, -0.1) is 0 Å². The molecule has 0 aliphatic heterocycles. The second kappa shape index (κ2) is 5.26. The highest BCUT2D eigenvalue weighted by atomic mass is 16.5. The molecule has 3 heteroatoms. The number of ether oxygens (including phenoxy) is 2. The molecule has 15 heavy (non-hydrogen) atoms. The van der Waals surface area contributed by atoms with Crippen LogP contribution in [-0.4, -0.2) is 14.2 Å². The zero-order valence-corrected chi connectivity index (χ0v) is 9.33. The van der Waals surface area contributed by atoms with Crippen molar-refractivity contribution in [2.45, 2.75) is 19.8 Å². The number of hydrogen-bond donors (Lipinski definition) is 0. The van der Waals surface area contributed by atoms with E-state index < -0.39 is 0 Å². The largest absolute Gasteiger partial charge is 0.496 e. The minimum atomic E-state index is 0.489. The van der Waals surface area contributed by atoms with Crippen LogP contribution in [0.5, 0.6) is 11.5 Å². The first-order valence-corrected chi connectivity index (χ1v) is 4.81. The second-order valence-corrected chi connectivity index (χ2v) is 3.29. The standard InChI is InChI=1S/C12H15NO2/c1-9-7-12(15-3)10(5-4-6-13)8-11(9)14-2/h7-8H,4-5H2,1-3H3. The van der Waals surface area contributed by atoms with Crippen molar-refractivity contribution < 1.29 is 9.47 Å². The van der Waals surface area contributed by atoms with E-state index in [1.165, 1.54) is 0 Å². The Hall–Kier alpha value is -1.69. The Labute approximate surface area is 90.2 Å². The smallest absolute Gasteiger partial charge is 0.122 e. The lowest BCUT2D eigenvalue weighted by Gasteiger charge is -2.11. The first kappa shape index (κ1) is 11.4. The van der Waals surface area contributed by atoms with Gasteiger partial charge in [0.2, 0.25) is 0 Å². The molecule has 0 aromatic heterocycles. The van der Waals surface area contributed by atoms with E-state index in [9.17, 15) is 0 Å². The van der Waals surface area contributed by atoms with E-state index in [1.54, 1.807) is 14.2 Å². The van der Waals surface area contributed by atoms with Crippen molar-refractivity contribution >= 4 is 0 Å². The van der Waals surface area contributed by atoms with Crippen molar-refractivity contribution in [3.8, 4) is 17.6 Å². The lowest BCUT2D eigenvalue weighted by molar-refractivity contribution is 0.396. The molecule has 0 amide bonds. The fourth-order valence-electron chi connectivity index (χ4n) is 1.50. The van der Waals surface area contributed by atoms with Gasteiger partial charge < -0.3 is 9.47 Å². The molecule has 1 aromatic rings. The minimum absolute atomic E-state index is 0.489. The number of hydrogen-bond acceptors (Lipinski definition) is 3. The Kier molecular flexibility index (Phi) is 3.99. The van der Waals surface area contributed by atoms with Gasteiger partial charge in [0.1, 0.15) is 11.5 Å². The summed E-state index contributed by atoms with van der Waals surface area (Å²) in [6.07, 6.45) is 1.18. The molecule has 1 aromatic carbocycles.